The van der Waals surface area contributed by atoms with Gasteiger partial charge < -0.3 is 15.4 Å². The van der Waals surface area contributed by atoms with E-state index < -0.39 is 0 Å². The highest BCUT2D eigenvalue weighted by Crippen LogP contribution is 2.12. The van der Waals surface area contributed by atoms with E-state index in [1.165, 1.54) is 5.56 Å². The Labute approximate surface area is 174 Å². The van der Waals surface area contributed by atoms with Gasteiger partial charge in [0, 0.05) is 24.3 Å². The maximum Gasteiger partial charge on any atom is 0.193 e. The molecule has 26 heavy (non-hydrogen) atoms. The van der Waals surface area contributed by atoms with Crippen LogP contribution in [0.15, 0.2) is 47.0 Å². The summed E-state index contributed by atoms with van der Waals surface area (Å²) in [4.78, 5) is 10.1. The minimum Gasteiger partial charge on any atom is -0.492 e. The molecule has 6 nitrogen and oxygen atoms in total. The first-order valence-corrected chi connectivity index (χ1v) is 9.25. The Bertz CT molecular complexity index is 799. The Hall–Kier alpha value is -1.81. The van der Waals surface area contributed by atoms with Crippen molar-refractivity contribution in [3.8, 4) is 5.75 Å². The summed E-state index contributed by atoms with van der Waals surface area (Å²) in [6, 6.07) is 8.06. The molecule has 1 aromatic carbocycles. The lowest BCUT2D eigenvalue weighted by Crippen LogP contribution is -2.39. The number of rotatable bonds is 7. The van der Waals surface area contributed by atoms with Gasteiger partial charge in [0.15, 0.2) is 10.9 Å². The molecular formula is C18H24IN5OS. The van der Waals surface area contributed by atoms with Gasteiger partial charge in [-0.1, -0.05) is 17.7 Å². The molecule has 8 heteroatoms. The number of hydrogen-bond donors (Lipinski definition) is 2. The summed E-state index contributed by atoms with van der Waals surface area (Å²) >= 11 is 1.62. The third-order valence-corrected chi connectivity index (χ3v) is 4.34. The van der Waals surface area contributed by atoms with Crippen molar-refractivity contribution in [3.05, 3.63) is 53.3 Å². The molecule has 0 spiro atoms. The highest BCUT2D eigenvalue weighted by atomic mass is 127. The lowest BCUT2D eigenvalue weighted by Gasteiger charge is -2.12. The first-order chi connectivity index (χ1) is 12.2. The van der Waals surface area contributed by atoms with Crippen LogP contribution in [0.1, 0.15) is 18.2 Å². The topological polar surface area (TPSA) is 63.0 Å². The van der Waals surface area contributed by atoms with E-state index in [0.29, 0.717) is 19.7 Å². The van der Waals surface area contributed by atoms with Gasteiger partial charge in [0.25, 0.3) is 0 Å². The highest BCUT2D eigenvalue weighted by Gasteiger charge is 2.03. The van der Waals surface area contributed by atoms with Gasteiger partial charge in [-0.25, -0.2) is 9.98 Å². The van der Waals surface area contributed by atoms with Crippen LogP contribution in [0, 0.1) is 6.92 Å². The van der Waals surface area contributed by atoms with E-state index in [9.17, 15) is 0 Å². The van der Waals surface area contributed by atoms with E-state index in [-0.39, 0.29) is 24.0 Å². The fourth-order valence-corrected chi connectivity index (χ4v) is 3.05. The molecule has 3 rings (SSSR count). The number of halogens is 1. The molecule has 2 N–H and O–H groups in total. The molecule has 0 amide bonds. The van der Waals surface area contributed by atoms with Crippen LogP contribution in [0.4, 0.5) is 0 Å². The second-order valence-electron chi connectivity index (χ2n) is 5.61. The van der Waals surface area contributed by atoms with Gasteiger partial charge in [0.05, 0.1) is 18.8 Å². The average Bonchev–Trinajstić information content (AvgIpc) is 3.19. The minimum atomic E-state index is 0. The van der Waals surface area contributed by atoms with Crippen LogP contribution in [-0.2, 0) is 6.54 Å². The second kappa shape index (κ2) is 10.4. The summed E-state index contributed by atoms with van der Waals surface area (Å²) in [7, 11) is 0. The van der Waals surface area contributed by atoms with Gasteiger partial charge >= 0.3 is 0 Å². The molecule has 0 unspecified atom stereocenters. The minimum absolute atomic E-state index is 0. The summed E-state index contributed by atoms with van der Waals surface area (Å²) in [6.07, 6.45) is 4.02. The molecule has 0 bridgehead atoms. The number of ether oxygens (including phenoxy) is 1. The standard InChI is InChI=1S/C18H23N5OS.HI/c1-3-19-17(20-8-10-24-16-6-4-14(2)5-7-16)21-12-15-13-23-9-11-25-18(23)22-15;/h4-7,9,11,13H,3,8,10,12H2,1-2H3,(H2,19,20,21);1H. The number of hydrogen-bond acceptors (Lipinski definition) is 4. The Morgan fingerprint density at radius 3 is 2.81 bits per heavy atom. The van der Waals surface area contributed by atoms with E-state index in [2.05, 4.69) is 27.5 Å². The van der Waals surface area contributed by atoms with E-state index in [4.69, 9.17) is 4.74 Å². The summed E-state index contributed by atoms with van der Waals surface area (Å²) < 4.78 is 7.74. The predicted octanol–water partition coefficient (Wildman–Crippen LogP) is 3.46. The zero-order valence-electron chi connectivity index (χ0n) is 14.9. The van der Waals surface area contributed by atoms with Crippen LogP contribution in [-0.4, -0.2) is 35.0 Å². The lowest BCUT2D eigenvalue weighted by atomic mass is 10.2. The average molecular weight is 485 g/mol. The smallest absolute Gasteiger partial charge is 0.193 e. The van der Waals surface area contributed by atoms with Crippen molar-refractivity contribution in [1.29, 1.82) is 0 Å². The summed E-state index contributed by atoms with van der Waals surface area (Å²) in [6.45, 7) is 6.72. The quantitative estimate of drug-likeness (QED) is 0.233. The van der Waals surface area contributed by atoms with Crippen molar-refractivity contribution in [2.45, 2.75) is 20.4 Å². The number of imidazole rings is 1. The van der Waals surface area contributed by atoms with Crippen LogP contribution in [0.3, 0.4) is 0 Å². The molecule has 3 aromatic rings. The maximum absolute atomic E-state index is 5.72. The maximum atomic E-state index is 5.72. The van der Waals surface area contributed by atoms with Crippen molar-refractivity contribution in [3.63, 3.8) is 0 Å². The number of fused-ring (bicyclic) bond motifs is 1. The van der Waals surface area contributed by atoms with E-state index in [1.807, 2.05) is 53.4 Å². The molecule has 0 atom stereocenters. The first-order valence-electron chi connectivity index (χ1n) is 8.37. The van der Waals surface area contributed by atoms with Crippen LogP contribution < -0.4 is 15.4 Å². The van der Waals surface area contributed by atoms with Gasteiger partial charge in [0.1, 0.15) is 12.4 Å². The number of thiazole rings is 1. The Balaban J connectivity index is 0.00000243. The number of nitrogens with zero attached hydrogens (tertiary/aromatic N) is 3. The molecule has 0 aliphatic carbocycles. The SMILES string of the molecule is CCNC(=NCc1cn2ccsc2n1)NCCOc1ccc(C)cc1.I. The summed E-state index contributed by atoms with van der Waals surface area (Å²) in [5.74, 6) is 1.65. The molecule has 0 saturated carbocycles. The normalized spacial score (nSPS) is 11.2. The third kappa shape index (κ3) is 5.87. The number of aryl methyl sites for hydroxylation is 1. The van der Waals surface area contributed by atoms with Crippen molar-refractivity contribution in [2.24, 2.45) is 4.99 Å². The number of guanidine groups is 1. The number of benzene rings is 1. The Morgan fingerprint density at radius 1 is 1.27 bits per heavy atom. The predicted molar refractivity (Wildman–Crippen MR) is 118 cm³/mol. The first kappa shape index (κ1) is 20.5. The molecule has 0 radical (unpaired) electrons. The zero-order valence-corrected chi connectivity index (χ0v) is 18.1. The third-order valence-electron chi connectivity index (χ3n) is 3.57. The van der Waals surface area contributed by atoms with E-state index in [0.717, 1.165) is 28.9 Å². The zero-order chi connectivity index (χ0) is 17.5. The van der Waals surface area contributed by atoms with Crippen LogP contribution in [0.25, 0.3) is 4.96 Å². The molecule has 2 heterocycles. The van der Waals surface area contributed by atoms with Gasteiger partial charge in [0.2, 0.25) is 0 Å². The van der Waals surface area contributed by atoms with Crippen molar-refractivity contribution >= 4 is 46.2 Å². The Morgan fingerprint density at radius 2 is 2.08 bits per heavy atom. The lowest BCUT2D eigenvalue weighted by molar-refractivity contribution is 0.322. The Kier molecular flexibility index (Phi) is 8.17. The summed E-state index contributed by atoms with van der Waals surface area (Å²) in [5.41, 5.74) is 2.19. The summed E-state index contributed by atoms with van der Waals surface area (Å²) in [5, 5.41) is 8.54. The second-order valence-corrected chi connectivity index (χ2v) is 6.48. The van der Waals surface area contributed by atoms with E-state index in [1.54, 1.807) is 11.3 Å². The monoisotopic (exact) mass is 485 g/mol. The van der Waals surface area contributed by atoms with Crippen molar-refractivity contribution in [2.75, 3.05) is 19.7 Å². The van der Waals surface area contributed by atoms with Gasteiger partial charge in [-0.15, -0.1) is 35.3 Å². The van der Waals surface area contributed by atoms with Crippen LogP contribution >= 0.6 is 35.3 Å². The van der Waals surface area contributed by atoms with Crippen molar-refractivity contribution in [1.82, 2.24) is 20.0 Å². The fourth-order valence-electron chi connectivity index (χ4n) is 2.33. The van der Waals surface area contributed by atoms with Gasteiger partial charge in [-0.3, -0.25) is 4.40 Å². The van der Waals surface area contributed by atoms with Gasteiger partial charge in [-0.05, 0) is 26.0 Å². The van der Waals surface area contributed by atoms with E-state index >= 15 is 0 Å². The molecule has 0 aliphatic heterocycles. The fraction of sp³-hybridized carbons (Fsp3) is 0.333. The molecule has 0 fully saturated rings. The molecule has 0 saturated heterocycles. The molecule has 2 aromatic heterocycles. The van der Waals surface area contributed by atoms with Crippen LogP contribution in [0.5, 0.6) is 5.75 Å². The largest absolute Gasteiger partial charge is 0.492 e. The molecular weight excluding hydrogens is 461 g/mol. The molecule has 140 valence electrons. The number of aliphatic imine (C=N–C) groups is 1. The number of aromatic nitrogens is 2. The van der Waals surface area contributed by atoms with Gasteiger partial charge in [-0.2, -0.15) is 0 Å². The highest BCUT2D eigenvalue weighted by molar-refractivity contribution is 14.0. The van der Waals surface area contributed by atoms with Crippen LogP contribution in [0.2, 0.25) is 0 Å². The van der Waals surface area contributed by atoms with Crippen molar-refractivity contribution < 1.29 is 4.74 Å². The molecule has 0 aliphatic rings. The number of nitrogens with one attached hydrogen (secondary N) is 2.